The molecule has 0 saturated carbocycles. The van der Waals surface area contributed by atoms with Gasteiger partial charge in [0.15, 0.2) is 23.0 Å². The molecule has 166 valence electrons. The van der Waals surface area contributed by atoms with Crippen LogP contribution in [0.2, 0.25) is 0 Å². The molecule has 0 amide bonds. The first-order valence-electron chi connectivity index (χ1n) is 9.86. The van der Waals surface area contributed by atoms with Crippen molar-refractivity contribution in [3.63, 3.8) is 0 Å². The maximum atomic E-state index is 13.1. The molecule has 0 spiro atoms. The fourth-order valence-electron chi connectivity index (χ4n) is 3.37. The van der Waals surface area contributed by atoms with Crippen molar-refractivity contribution in [3.05, 3.63) is 88.0 Å². The summed E-state index contributed by atoms with van der Waals surface area (Å²) < 4.78 is 15.6. The molecule has 0 aliphatic carbocycles. The highest BCUT2D eigenvalue weighted by atomic mass is 16.6. The molecule has 0 aliphatic heterocycles. The van der Waals surface area contributed by atoms with Crippen LogP contribution in [0.25, 0.3) is 0 Å². The predicted molar refractivity (Wildman–Crippen MR) is 121 cm³/mol. The highest BCUT2D eigenvalue weighted by Gasteiger charge is 2.23. The van der Waals surface area contributed by atoms with Crippen LogP contribution in [0.15, 0.2) is 66.7 Å². The highest BCUT2D eigenvalue weighted by molar-refractivity contribution is 5.97. The zero-order chi connectivity index (χ0) is 23.1. The number of anilines is 1. The number of nitro groups is 1. The molecule has 3 aromatic carbocycles. The second-order valence-electron chi connectivity index (χ2n) is 6.95. The van der Waals surface area contributed by atoms with Crippen LogP contribution in [0.5, 0.6) is 17.2 Å². The number of para-hydroxylation sites is 1. The lowest BCUT2D eigenvalue weighted by molar-refractivity contribution is -0.385. The molecule has 0 aromatic heterocycles. The number of hydrogen-bond acceptors (Lipinski definition) is 7. The molecule has 8 nitrogen and oxygen atoms in total. The van der Waals surface area contributed by atoms with Gasteiger partial charge in [-0.1, -0.05) is 24.3 Å². The minimum atomic E-state index is -0.511. The molecule has 0 radical (unpaired) electrons. The Morgan fingerprint density at radius 1 is 0.906 bits per heavy atom. The summed E-state index contributed by atoms with van der Waals surface area (Å²) in [4.78, 5) is 24.1. The Hall–Kier alpha value is -4.07. The number of nitro benzene ring substituents is 1. The normalized spacial score (nSPS) is 11.3. The van der Waals surface area contributed by atoms with Crippen LogP contribution in [0.3, 0.4) is 0 Å². The summed E-state index contributed by atoms with van der Waals surface area (Å²) in [5, 5.41) is 14.8. The number of nitrogens with zero attached hydrogens (tertiary/aromatic N) is 1. The van der Waals surface area contributed by atoms with Crippen molar-refractivity contribution >= 4 is 17.2 Å². The Labute approximate surface area is 185 Å². The quantitative estimate of drug-likeness (QED) is 0.270. The van der Waals surface area contributed by atoms with Crippen molar-refractivity contribution < 1.29 is 23.9 Å². The van der Waals surface area contributed by atoms with Crippen LogP contribution in [-0.2, 0) is 0 Å². The smallest absolute Gasteiger partial charge is 0.311 e. The van der Waals surface area contributed by atoms with Crippen molar-refractivity contribution in [2.45, 2.75) is 12.5 Å². The Morgan fingerprint density at radius 2 is 1.56 bits per heavy atom. The van der Waals surface area contributed by atoms with Crippen molar-refractivity contribution in [3.8, 4) is 17.2 Å². The van der Waals surface area contributed by atoms with Crippen molar-refractivity contribution in [1.29, 1.82) is 0 Å². The molecule has 0 saturated heterocycles. The summed E-state index contributed by atoms with van der Waals surface area (Å²) >= 11 is 0. The second kappa shape index (κ2) is 10.3. The van der Waals surface area contributed by atoms with Gasteiger partial charge in [-0.2, -0.15) is 0 Å². The van der Waals surface area contributed by atoms with Crippen LogP contribution in [-0.4, -0.2) is 32.0 Å². The summed E-state index contributed by atoms with van der Waals surface area (Å²) in [6.07, 6.45) is 0.0634. The maximum Gasteiger partial charge on any atom is 0.311 e. The van der Waals surface area contributed by atoms with E-state index < -0.39 is 11.0 Å². The lowest BCUT2D eigenvalue weighted by Gasteiger charge is -2.20. The Bertz CT molecular complexity index is 1100. The van der Waals surface area contributed by atoms with E-state index in [0.717, 1.165) is 5.69 Å². The highest BCUT2D eigenvalue weighted by Crippen LogP contribution is 2.34. The third-order valence-electron chi connectivity index (χ3n) is 5.01. The van der Waals surface area contributed by atoms with Gasteiger partial charge in [-0.15, -0.1) is 0 Å². The SMILES string of the molecule is COc1ccc(C(=O)CC(Nc2ccccc2)c2ccc(OC)c([N+](=O)[O-])c2)cc1OC. The van der Waals surface area contributed by atoms with Gasteiger partial charge in [-0.05, 0) is 42.0 Å². The van der Waals surface area contributed by atoms with Gasteiger partial charge in [-0.3, -0.25) is 14.9 Å². The van der Waals surface area contributed by atoms with Gasteiger partial charge in [0.25, 0.3) is 0 Å². The average molecular weight is 436 g/mol. The van der Waals surface area contributed by atoms with E-state index >= 15 is 0 Å². The largest absolute Gasteiger partial charge is 0.493 e. The Kier molecular flexibility index (Phi) is 7.28. The van der Waals surface area contributed by atoms with Crippen LogP contribution in [0.1, 0.15) is 28.4 Å². The molecule has 1 unspecified atom stereocenters. The minimum Gasteiger partial charge on any atom is -0.493 e. The van der Waals surface area contributed by atoms with Gasteiger partial charge >= 0.3 is 5.69 Å². The number of benzene rings is 3. The van der Waals surface area contributed by atoms with Gasteiger partial charge in [0.05, 0.1) is 32.3 Å². The number of carbonyl (C=O) groups is 1. The van der Waals surface area contributed by atoms with Gasteiger partial charge in [0, 0.05) is 23.7 Å². The van der Waals surface area contributed by atoms with E-state index in [1.54, 1.807) is 24.3 Å². The summed E-state index contributed by atoms with van der Waals surface area (Å²) in [7, 11) is 4.40. The summed E-state index contributed by atoms with van der Waals surface area (Å²) in [5.74, 6) is 0.973. The third-order valence-corrected chi connectivity index (χ3v) is 5.01. The monoisotopic (exact) mass is 436 g/mol. The van der Waals surface area contributed by atoms with E-state index in [0.29, 0.717) is 22.6 Å². The number of carbonyl (C=O) groups excluding carboxylic acids is 1. The number of Topliss-reactive ketones (excluding diaryl/α,β-unsaturated/α-hetero) is 1. The zero-order valence-corrected chi connectivity index (χ0v) is 18.0. The van der Waals surface area contributed by atoms with E-state index in [-0.39, 0.29) is 23.6 Å². The minimum absolute atomic E-state index is 0.0634. The lowest BCUT2D eigenvalue weighted by atomic mass is 9.96. The summed E-state index contributed by atoms with van der Waals surface area (Å²) in [5.41, 5.74) is 1.67. The molecule has 1 atom stereocenters. The molecule has 32 heavy (non-hydrogen) atoms. The van der Waals surface area contributed by atoms with E-state index in [4.69, 9.17) is 14.2 Å². The first-order chi connectivity index (χ1) is 15.5. The van der Waals surface area contributed by atoms with E-state index in [2.05, 4.69) is 5.32 Å². The van der Waals surface area contributed by atoms with Crippen molar-refractivity contribution in [2.24, 2.45) is 0 Å². The Balaban J connectivity index is 1.96. The molecule has 0 bridgehead atoms. The van der Waals surface area contributed by atoms with Gasteiger partial charge in [0.1, 0.15) is 0 Å². The van der Waals surface area contributed by atoms with Crippen LogP contribution >= 0.6 is 0 Å². The molecule has 3 aromatic rings. The zero-order valence-electron chi connectivity index (χ0n) is 18.0. The summed E-state index contributed by atoms with van der Waals surface area (Å²) in [6, 6.07) is 18.5. The second-order valence-corrected chi connectivity index (χ2v) is 6.95. The topological polar surface area (TPSA) is 99.9 Å². The van der Waals surface area contributed by atoms with Crippen LogP contribution < -0.4 is 19.5 Å². The molecule has 0 aliphatic rings. The van der Waals surface area contributed by atoms with E-state index in [1.165, 1.54) is 33.5 Å². The van der Waals surface area contributed by atoms with Crippen LogP contribution in [0.4, 0.5) is 11.4 Å². The van der Waals surface area contributed by atoms with Gasteiger partial charge in [0.2, 0.25) is 0 Å². The Morgan fingerprint density at radius 3 is 2.19 bits per heavy atom. The fraction of sp³-hybridized carbons (Fsp3) is 0.208. The van der Waals surface area contributed by atoms with Gasteiger partial charge in [-0.25, -0.2) is 0 Å². The maximum absolute atomic E-state index is 13.1. The number of nitrogens with one attached hydrogen (secondary N) is 1. The number of rotatable bonds is 10. The number of ketones is 1. The van der Waals surface area contributed by atoms with E-state index in [1.807, 2.05) is 30.3 Å². The standard InChI is InChI=1S/C24H24N2O6/c1-30-22-11-9-16(13-20(22)26(28)29)19(25-18-7-5-4-6-8-18)15-21(27)17-10-12-23(31-2)24(14-17)32-3/h4-14,19,25H,15H2,1-3H3. The molecule has 1 N–H and O–H groups in total. The molecular weight excluding hydrogens is 412 g/mol. The fourth-order valence-corrected chi connectivity index (χ4v) is 3.37. The van der Waals surface area contributed by atoms with Crippen molar-refractivity contribution in [2.75, 3.05) is 26.6 Å². The summed E-state index contributed by atoms with van der Waals surface area (Å²) in [6.45, 7) is 0. The molecule has 3 rings (SSSR count). The molecular formula is C24H24N2O6. The number of hydrogen-bond donors (Lipinski definition) is 1. The number of ether oxygens (including phenoxy) is 3. The van der Waals surface area contributed by atoms with Gasteiger partial charge < -0.3 is 19.5 Å². The van der Waals surface area contributed by atoms with E-state index in [9.17, 15) is 14.9 Å². The lowest BCUT2D eigenvalue weighted by Crippen LogP contribution is -2.16. The molecule has 8 heteroatoms. The molecule has 0 heterocycles. The number of methoxy groups -OCH3 is 3. The third kappa shape index (κ3) is 5.15. The van der Waals surface area contributed by atoms with Crippen LogP contribution in [0, 0.1) is 10.1 Å². The first-order valence-corrected chi connectivity index (χ1v) is 9.86. The predicted octanol–water partition coefficient (Wildman–Crippen LogP) is 5.05. The molecule has 0 fully saturated rings. The van der Waals surface area contributed by atoms with Crippen molar-refractivity contribution in [1.82, 2.24) is 0 Å². The average Bonchev–Trinajstić information content (AvgIpc) is 2.83. The first kappa shape index (κ1) is 22.6.